The number of aryl methyl sites for hydroxylation is 1. The molecule has 0 aromatic carbocycles. The summed E-state index contributed by atoms with van der Waals surface area (Å²) in [6.07, 6.45) is 2.51. The van der Waals surface area contributed by atoms with Gasteiger partial charge >= 0.3 is 0 Å². The summed E-state index contributed by atoms with van der Waals surface area (Å²) in [5.74, 6) is 0. The Balaban J connectivity index is 1.79. The lowest BCUT2D eigenvalue weighted by atomic mass is 10.3. The van der Waals surface area contributed by atoms with E-state index >= 15 is 0 Å². The zero-order valence-electron chi connectivity index (χ0n) is 11.6. The molecule has 2 fully saturated rings. The van der Waals surface area contributed by atoms with Crippen molar-refractivity contribution in [2.24, 2.45) is 0 Å². The van der Waals surface area contributed by atoms with Crippen LogP contribution in [0, 0.1) is 6.92 Å². The van der Waals surface area contributed by atoms with Crippen molar-refractivity contribution in [1.29, 1.82) is 0 Å². The number of hydrogen-bond acceptors (Lipinski definition) is 5. The Morgan fingerprint density at radius 3 is 2.50 bits per heavy atom. The van der Waals surface area contributed by atoms with Crippen LogP contribution in [0.25, 0.3) is 0 Å². The molecule has 1 saturated carbocycles. The fraction of sp³-hybridized carbons (Fsp3) is 0.692. The predicted molar refractivity (Wildman–Crippen MR) is 78.3 cm³/mol. The van der Waals surface area contributed by atoms with Crippen molar-refractivity contribution in [1.82, 2.24) is 9.21 Å². The lowest BCUT2D eigenvalue weighted by Crippen LogP contribution is -2.49. The molecule has 1 aliphatic carbocycles. The van der Waals surface area contributed by atoms with E-state index in [-0.39, 0.29) is 6.61 Å². The molecular formula is C13H20N2O3S2. The third kappa shape index (κ3) is 2.53. The summed E-state index contributed by atoms with van der Waals surface area (Å²) in [7, 11) is -3.46. The van der Waals surface area contributed by atoms with Crippen molar-refractivity contribution in [3.05, 3.63) is 15.8 Å². The molecule has 1 aromatic rings. The van der Waals surface area contributed by atoms with Crippen LogP contribution < -0.4 is 0 Å². The highest BCUT2D eigenvalue weighted by Gasteiger charge is 2.36. The fourth-order valence-electron chi connectivity index (χ4n) is 2.82. The van der Waals surface area contributed by atoms with E-state index in [1.807, 2.05) is 0 Å². The summed E-state index contributed by atoms with van der Waals surface area (Å²) in [5, 5.41) is 11.1. The Bertz CT molecular complexity index is 585. The van der Waals surface area contributed by atoms with Crippen LogP contribution in [0.2, 0.25) is 0 Å². The second-order valence-corrected chi connectivity index (χ2v) is 8.34. The van der Waals surface area contributed by atoms with Crippen molar-refractivity contribution < 1.29 is 13.5 Å². The van der Waals surface area contributed by atoms with E-state index in [1.165, 1.54) is 24.2 Å². The van der Waals surface area contributed by atoms with E-state index in [9.17, 15) is 13.5 Å². The zero-order valence-corrected chi connectivity index (χ0v) is 13.2. The van der Waals surface area contributed by atoms with Gasteiger partial charge in [-0.1, -0.05) is 0 Å². The maximum Gasteiger partial charge on any atom is 0.244 e. The fourth-order valence-corrected chi connectivity index (χ4v) is 5.86. The number of hydrogen-bond donors (Lipinski definition) is 1. The minimum absolute atomic E-state index is 0.213. The minimum atomic E-state index is -3.46. The first-order chi connectivity index (χ1) is 9.54. The highest BCUT2D eigenvalue weighted by atomic mass is 32.2. The summed E-state index contributed by atoms with van der Waals surface area (Å²) in [6, 6.07) is 0.691. The van der Waals surface area contributed by atoms with Crippen LogP contribution in [0.4, 0.5) is 0 Å². The Labute approximate surface area is 123 Å². The Morgan fingerprint density at radius 2 is 1.95 bits per heavy atom. The van der Waals surface area contributed by atoms with Gasteiger partial charge in [0.05, 0.1) is 11.5 Å². The van der Waals surface area contributed by atoms with Gasteiger partial charge in [0.1, 0.15) is 4.90 Å². The molecule has 0 spiro atoms. The average Bonchev–Trinajstić information content (AvgIpc) is 3.21. The van der Waals surface area contributed by atoms with Gasteiger partial charge in [-0.25, -0.2) is 8.42 Å². The van der Waals surface area contributed by atoms with Crippen molar-refractivity contribution in [2.45, 2.75) is 37.3 Å². The highest BCUT2D eigenvalue weighted by Crippen LogP contribution is 2.32. The highest BCUT2D eigenvalue weighted by molar-refractivity contribution is 7.89. The van der Waals surface area contributed by atoms with Gasteiger partial charge < -0.3 is 5.11 Å². The number of sulfonamides is 1. The van der Waals surface area contributed by atoms with Gasteiger partial charge in [-0.05, 0) is 30.7 Å². The van der Waals surface area contributed by atoms with Crippen molar-refractivity contribution in [3.8, 4) is 0 Å². The van der Waals surface area contributed by atoms with Gasteiger partial charge in [-0.15, -0.1) is 11.3 Å². The van der Waals surface area contributed by atoms with E-state index in [2.05, 4.69) is 4.90 Å². The Hall–Kier alpha value is -0.470. The molecule has 112 valence electrons. The molecule has 0 amide bonds. The van der Waals surface area contributed by atoms with Gasteiger partial charge in [0.2, 0.25) is 10.0 Å². The number of aliphatic hydroxyl groups excluding tert-OH is 1. The van der Waals surface area contributed by atoms with Gasteiger partial charge in [0.25, 0.3) is 0 Å². The number of aliphatic hydroxyl groups is 1. The number of thiophene rings is 1. The molecule has 2 heterocycles. The van der Waals surface area contributed by atoms with Crippen molar-refractivity contribution in [2.75, 3.05) is 26.2 Å². The SMILES string of the molecule is Cc1csc(CO)c1S(=O)(=O)N1CCN(C2CC2)CC1. The van der Waals surface area contributed by atoms with Gasteiger partial charge in [-0.2, -0.15) is 4.31 Å². The van der Waals surface area contributed by atoms with Crippen LogP contribution in [-0.4, -0.2) is 55.0 Å². The summed E-state index contributed by atoms with van der Waals surface area (Å²) >= 11 is 1.32. The lowest BCUT2D eigenvalue weighted by molar-refractivity contribution is 0.180. The molecular weight excluding hydrogens is 296 g/mol. The molecule has 7 heteroatoms. The first-order valence-electron chi connectivity index (χ1n) is 6.96. The van der Waals surface area contributed by atoms with E-state index in [0.29, 0.717) is 28.9 Å². The Morgan fingerprint density at radius 1 is 1.30 bits per heavy atom. The summed E-state index contributed by atoms with van der Waals surface area (Å²) < 4.78 is 27.1. The molecule has 3 rings (SSSR count). The van der Waals surface area contributed by atoms with E-state index in [4.69, 9.17) is 0 Å². The monoisotopic (exact) mass is 316 g/mol. The summed E-state index contributed by atoms with van der Waals surface area (Å²) in [5.41, 5.74) is 0.740. The smallest absolute Gasteiger partial charge is 0.244 e. The molecule has 20 heavy (non-hydrogen) atoms. The predicted octanol–water partition coefficient (Wildman–Crippen LogP) is 1.02. The summed E-state index contributed by atoms with van der Waals surface area (Å²) in [6.45, 7) is 4.33. The van der Waals surface area contributed by atoms with Crippen LogP contribution in [-0.2, 0) is 16.6 Å². The van der Waals surface area contributed by atoms with Gasteiger partial charge in [0, 0.05) is 32.2 Å². The van der Waals surface area contributed by atoms with Crippen LogP contribution >= 0.6 is 11.3 Å². The van der Waals surface area contributed by atoms with E-state index < -0.39 is 10.0 Å². The third-order valence-electron chi connectivity index (χ3n) is 4.07. The van der Waals surface area contributed by atoms with Crippen LogP contribution in [0.15, 0.2) is 10.3 Å². The topological polar surface area (TPSA) is 60.9 Å². The molecule has 1 saturated heterocycles. The average molecular weight is 316 g/mol. The van der Waals surface area contributed by atoms with Crippen LogP contribution in [0.1, 0.15) is 23.3 Å². The zero-order chi connectivity index (χ0) is 14.3. The Kier molecular flexibility index (Phi) is 3.89. The largest absolute Gasteiger partial charge is 0.391 e. The van der Waals surface area contributed by atoms with Crippen LogP contribution in [0.3, 0.4) is 0 Å². The molecule has 2 aliphatic rings. The molecule has 0 bridgehead atoms. The van der Waals surface area contributed by atoms with Crippen molar-refractivity contribution >= 4 is 21.4 Å². The molecule has 0 radical (unpaired) electrons. The summed E-state index contributed by atoms with van der Waals surface area (Å²) in [4.78, 5) is 3.26. The normalized spacial score (nSPS) is 22.3. The second-order valence-electron chi connectivity index (χ2n) is 5.50. The standard InChI is InChI=1S/C13H20N2O3S2/c1-10-9-19-12(8-16)13(10)20(17,18)15-6-4-14(5-7-15)11-2-3-11/h9,11,16H,2-8H2,1H3. The molecule has 0 atom stereocenters. The molecule has 1 N–H and O–H groups in total. The first-order valence-corrected chi connectivity index (χ1v) is 9.28. The van der Waals surface area contributed by atoms with Gasteiger partial charge in [-0.3, -0.25) is 4.90 Å². The number of nitrogens with zero attached hydrogens (tertiary/aromatic N) is 2. The quantitative estimate of drug-likeness (QED) is 0.901. The van der Waals surface area contributed by atoms with E-state index in [0.717, 1.165) is 18.7 Å². The van der Waals surface area contributed by atoms with Gasteiger partial charge in [0.15, 0.2) is 0 Å². The molecule has 1 aliphatic heterocycles. The second kappa shape index (κ2) is 5.38. The maximum atomic E-state index is 12.7. The van der Waals surface area contributed by atoms with Crippen molar-refractivity contribution in [3.63, 3.8) is 0 Å². The molecule has 5 nitrogen and oxygen atoms in total. The minimum Gasteiger partial charge on any atom is -0.391 e. The van der Waals surface area contributed by atoms with Crippen LogP contribution in [0.5, 0.6) is 0 Å². The maximum absolute atomic E-state index is 12.7. The number of piperazine rings is 1. The first kappa shape index (κ1) is 14.5. The molecule has 1 aromatic heterocycles. The lowest BCUT2D eigenvalue weighted by Gasteiger charge is -2.34. The van der Waals surface area contributed by atoms with E-state index in [1.54, 1.807) is 16.6 Å². The third-order valence-corrected chi connectivity index (χ3v) is 7.41. The number of rotatable bonds is 4. The molecule has 0 unspecified atom stereocenters.